The number of aromatic nitrogens is 5. The van der Waals surface area contributed by atoms with E-state index >= 15 is 0 Å². The Bertz CT molecular complexity index is 931. The van der Waals surface area contributed by atoms with Crippen LogP contribution in [0.4, 0.5) is 5.13 Å². The zero-order valence-corrected chi connectivity index (χ0v) is 18.8. The molecule has 154 valence electrons. The maximum atomic E-state index is 12.4. The van der Waals surface area contributed by atoms with Gasteiger partial charge in [0.2, 0.25) is 11.0 Å². The number of thioether (sulfide) groups is 2. The molecule has 0 bridgehead atoms. The van der Waals surface area contributed by atoms with E-state index in [2.05, 4.69) is 39.6 Å². The summed E-state index contributed by atoms with van der Waals surface area (Å²) in [6.45, 7) is 4.60. The molecule has 2 heterocycles. The Hall–Kier alpha value is -1.95. The summed E-state index contributed by atoms with van der Waals surface area (Å²) in [6.07, 6.45) is 1.05. The quantitative estimate of drug-likeness (QED) is 0.367. The van der Waals surface area contributed by atoms with Crippen molar-refractivity contribution in [1.29, 1.82) is 0 Å². The van der Waals surface area contributed by atoms with Gasteiger partial charge in [-0.3, -0.25) is 14.7 Å². The highest BCUT2D eigenvalue weighted by molar-refractivity contribution is 8.01. The smallest absolute Gasteiger partial charge is 0.236 e. The van der Waals surface area contributed by atoms with Gasteiger partial charge in [-0.1, -0.05) is 66.9 Å². The molecule has 0 saturated carbocycles. The normalized spacial score (nSPS) is 12.1. The van der Waals surface area contributed by atoms with Gasteiger partial charge in [0.25, 0.3) is 0 Å². The number of rotatable bonds is 10. The van der Waals surface area contributed by atoms with Crippen LogP contribution in [0, 0.1) is 0 Å². The molecule has 1 amide bonds. The van der Waals surface area contributed by atoms with Crippen molar-refractivity contribution >= 4 is 45.9 Å². The Morgan fingerprint density at radius 3 is 2.76 bits per heavy atom. The average Bonchev–Trinajstić information content (AvgIpc) is 3.34. The van der Waals surface area contributed by atoms with Crippen LogP contribution >= 0.6 is 34.9 Å². The zero-order valence-electron chi connectivity index (χ0n) is 16.4. The first kappa shape index (κ1) is 21.8. The maximum Gasteiger partial charge on any atom is 0.236 e. The number of nitrogens with zero attached hydrogens (tertiary/aromatic N) is 5. The van der Waals surface area contributed by atoms with Gasteiger partial charge < -0.3 is 4.74 Å². The lowest BCUT2D eigenvalue weighted by atomic mass is 10.3. The molecule has 3 rings (SSSR count). The number of anilines is 1. The van der Waals surface area contributed by atoms with Crippen LogP contribution in [0.1, 0.15) is 26.1 Å². The van der Waals surface area contributed by atoms with Gasteiger partial charge in [-0.05, 0) is 18.6 Å². The summed E-state index contributed by atoms with van der Waals surface area (Å²) in [4.78, 5) is 12.4. The first-order valence-electron chi connectivity index (χ1n) is 9.02. The predicted octanol–water partition coefficient (Wildman–Crippen LogP) is 3.89. The van der Waals surface area contributed by atoms with Crippen molar-refractivity contribution in [3.63, 3.8) is 0 Å². The second-order valence-corrected chi connectivity index (χ2v) is 9.66. The van der Waals surface area contributed by atoms with Gasteiger partial charge in [0.15, 0.2) is 15.3 Å². The van der Waals surface area contributed by atoms with Crippen LogP contribution in [0.3, 0.4) is 0 Å². The molecule has 0 radical (unpaired) electrons. The molecule has 1 unspecified atom stereocenters. The molecule has 2 aromatic heterocycles. The van der Waals surface area contributed by atoms with Crippen molar-refractivity contribution < 1.29 is 9.53 Å². The third kappa shape index (κ3) is 6.01. The summed E-state index contributed by atoms with van der Waals surface area (Å²) in [7, 11) is 1.61. The Morgan fingerprint density at radius 2 is 2.03 bits per heavy atom. The maximum absolute atomic E-state index is 12.4. The van der Waals surface area contributed by atoms with Crippen LogP contribution in [0.15, 0.2) is 39.8 Å². The lowest BCUT2D eigenvalue weighted by Crippen LogP contribution is -2.14. The molecule has 0 aliphatic carbocycles. The van der Waals surface area contributed by atoms with Gasteiger partial charge in [0.1, 0.15) is 6.61 Å². The van der Waals surface area contributed by atoms with E-state index in [0.29, 0.717) is 28.0 Å². The standard InChI is InChI=1S/C18H22N6O2S3/c1-4-12(2)28-18-23-21-16(29-18)19-15(25)11-27-17-22-20-14(10-26-3)24(17)13-8-6-5-7-9-13/h5-9,12H,4,10-11H2,1-3H3,(H,19,21,25). The highest BCUT2D eigenvalue weighted by Gasteiger charge is 2.17. The van der Waals surface area contributed by atoms with E-state index in [1.165, 1.54) is 23.1 Å². The van der Waals surface area contributed by atoms with Crippen molar-refractivity contribution in [2.24, 2.45) is 0 Å². The molecule has 1 atom stereocenters. The fourth-order valence-corrected chi connectivity index (χ4v) is 5.09. The monoisotopic (exact) mass is 450 g/mol. The number of nitrogens with one attached hydrogen (secondary N) is 1. The van der Waals surface area contributed by atoms with Crippen molar-refractivity contribution in [2.75, 3.05) is 18.2 Å². The number of hydrogen-bond donors (Lipinski definition) is 1. The predicted molar refractivity (Wildman–Crippen MR) is 117 cm³/mol. The summed E-state index contributed by atoms with van der Waals surface area (Å²) in [6, 6.07) is 9.75. The van der Waals surface area contributed by atoms with Gasteiger partial charge >= 0.3 is 0 Å². The SMILES string of the molecule is CCC(C)Sc1nnc(NC(=O)CSc2nnc(COC)n2-c2ccccc2)s1. The summed E-state index contributed by atoms with van der Waals surface area (Å²) < 4.78 is 7.97. The minimum absolute atomic E-state index is 0.165. The number of benzene rings is 1. The van der Waals surface area contributed by atoms with Crippen molar-refractivity contribution in [2.45, 2.75) is 41.6 Å². The molecular weight excluding hydrogens is 428 g/mol. The Labute approximate surface area is 181 Å². The van der Waals surface area contributed by atoms with E-state index in [4.69, 9.17) is 4.74 Å². The second-order valence-electron chi connectivity index (χ2n) is 6.05. The fraction of sp³-hybridized carbons (Fsp3) is 0.389. The third-order valence-corrected chi connectivity index (χ3v) is 6.97. The van der Waals surface area contributed by atoms with E-state index in [0.717, 1.165) is 16.4 Å². The molecule has 0 saturated heterocycles. The molecule has 0 fully saturated rings. The largest absolute Gasteiger partial charge is 0.377 e. The average molecular weight is 451 g/mol. The summed E-state index contributed by atoms with van der Waals surface area (Å²) in [5.41, 5.74) is 0.920. The van der Waals surface area contributed by atoms with Gasteiger partial charge in [0.05, 0.1) is 5.75 Å². The molecule has 3 aromatic rings. The lowest BCUT2D eigenvalue weighted by Gasteiger charge is -2.09. The topological polar surface area (TPSA) is 94.8 Å². The third-order valence-electron chi connectivity index (χ3n) is 3.85. The van der Waals surface area contributed by atoms with Crippen molar-refractivity contribution in [3.8, 4) is 5.69 Å². The minimum Gasteiger partial charge on any atom is -0.377 e. The molecule has 1 N–H and O–H groups in total. The van der Waals surface area contributed by atoms with Crippen molar-refractivity contribution in [1.82, 2.24) is 25.0 Å². The molecule has 8 nitrogen and oxygen atoms in total. The van der Waals surface area contributed by atoms with Gasteiger partial charge in [-0.2, -0.15) is 0 Å². The van der Waals surface area contributed by atoms with Gasteiger partial charge in [0, 0.05) is 18.0 Å². The summed E-state index contributed by atoms with van der Waals surface area (Å²) in [5.74, 6) is 0.699. The highest BCUT2D eigenvalue weighted by atomic mass is 32.2. The van der Waals surface area contributed by atoms with E-state index in [9.17, 15) is 4.79 Å². The Morgan fingerprint density at radius 1 is 1.24 bits per heavy atom. The van der Waals surface area contributed by atoms with E-state index in [1.54, 1.807) is 18.9 Å². The first-order chi connectivity index (χ1) is 14.1. The van der Waals surface area contributed by atoms with Crippen LogP contribution in [-0.4, -0.2) is 49.0 Å². The van der Waals surface area contributed by atoms with E-state index < -0.39 is 0 Å². The molecule has 0 aliphatic heterocycles. The highest BCUT2D eigenvalue weighted by Crippen LogP contribution is 2.30. The lowest BCUT2D eigenvalue weighted by molar-refractivity contribution is -0.113. The van der Waals surface area contributed by atoms with Crippen LogP contribution in [0.25, 0.3) is 5.69 Å². The number of para-hydroxylation sites is 1. The molecule has 1 aromatic carbocycles. The molecule has 0 aliphatic rings. The molecular formula is C18H22N6O2S3. The van der Waals surface area contributed by atoms with E-state index in [-0.39, 0.29) is 11.7 Å². The number of carbonyl (C=O) groups is 1. The van der Waals surface area contributed by atoms with Crippen molar-refractivity contribution in [3.05, 3.63) is 36.2 Å². The number of methoxy groups -OCH3 is 1. The summed E-state index contributed by atoms with van der Waals surface area (Å²) in [5, 5.41) is 21.0. The summed E-state index contributed by atoms with van der Waals surface area (Å²) >= 11 is 4.36. The Kier molecular flexibility index (Phi) is 8.04. The molecule has 11 heteroatoms. The van der Waals surface area contributed by atoms with Gasteiger partial charge in [-0.15, -0.1) is 20.4 Å². The number of carbonyl (C=O) groups excluding carboxylic acids is 1. The minimum atomic E-state index is -0.165. The van der Waals surface area contributed by atoms with E-state index in [1.807, 2.05) is 34.9 Å². The number of hydrogen-bond acceptors (Lipinski definition) is 9. The fourth-order valence-electron chi connectivity index (χ4n) is 2.30. The number of amides is 1. The Balaban J connectivity index is 1.63. The van der Waals surface area contributed by atoms with Crippen LogP contribution in [-0.2, 0) is 16.1 Å². The second kappa shape index (κ2) is 10.7. The van der Waals surface area contributed by atoms with Crippen LogP contribution in [0.2, 0.25) is 0 Å². The van der Waals surface area contributed by atoms with Crippen LogP contribution in [0.5, 0.6) is 0 Å². The van der Waals surface area contributed by atoms with Crippen LogP contribution < -0.4 is 5.32 Å². The number of ether oxygens (including phenoxy) is 1. The first-order valence-corrected chi connectivity index (χ1v) is 11.7. The molecule has 0 spiro atoms. The molecule has 29 heavy (non-hydrogen) atoms. The zero-order chi connectivity index (χ0) is 20.6. The van der Waals surface area contributed by atoms with Gasteiger partial charge in [-0.25, -0.2) is 0 Å².